The second-order valence-corrected chi connectivity index (χ2v) is 14.0. The van der Waals surface area contributed by atoms with E-state index in [0.29, 0.717) is 0 Å². The van der Waals surface area contributed by atoms with E-state index in [1.165, 1.54) is 21.8 Å². The molecule has 4 heteroatoms. The van der Waals surface area contributed by atoms with Crippen molar-refractivity contribution in [1.82, 2.24) is 4.57 Å². The highest BCUT2D eigenvalue weighted by molar-refractivity contribution is 6.26. The van der Waals surface area contributed by atoms with E-state index in [-0.39, 0.29) is 0 Å². The minimum absolute atomic E-state index is 0.820. The normalized spacial score (nSPS) is 11.4. The summed E-state index contributed by atoms with van der Waals surface area (Å²) in [5, 5.41) is 7.00. The average Bonchev–Trinajstić information content (AvgIpc) is 3.61. The number of methoxy groups -OCH3 is 2. The number of para-hydroxylation sites is 5. The van der Waals surface area contributed by atoms with Gasteiger partial charge in [-0.3, -0.25) is 0 Å². The van der Waals surface area contributed by atoms with Crippen molar-refractivity contribution in [1.29, 1.82) is 0 Å². The van der Waals surface area contributed by atoms with Crippen molar-refractivity contribution >= 4 is 60.4 Å². The molecule has 0 saturated carbocycles. The van der Waals surface area contributed by atoms with Crippen LogP contribution in [0.1, 0.15) is 0 Å². The van der Waals surface area contributed by atoms with Crippen LogP contribution in [0.15, 0.2) is 194 Å². The summed E-state index contributed by atoms with van der Waals surface area (Å²) < 4.78 is 14.5. The number of fused-ring (bicyclic) bond motifs is 5. The molecular weight excluding hydrogens is 685 g/mol. The van der Waals surface area contributed by atoms with Crippen LogP contribution in [0.2, 0.25) is 0 Å². The molecule has 0 aliphatic carbocycles. The van der Waals surface area contributed by atoms with Gasteiger partial charge in [-0.2, -0.15) is 0 Å². The largest absolute Gasteiger partial charge is 0.496 e. The van der Waals surface area contributed by atoms with Gasteiger partial charge in [0.25, 0.3) is 0 Å². The van der Waals surface area contributed by atoms with E-state index in [4.69, 9.17) is 9.47 Å². The van der Waals surface area contributed by atoms with Crippen LogP contribution in [-0.2, 0) is 0 Å². The molecule has 10 rings (SSSR count). The molecule has 0 unspecified atom stereocenters. The average molecular weight is 723 g/mol. The number of ether oxygens (including phenoxy) is 2. The predicted molar refractivity (Wildman–Crippen MR) is 234 cm³/mol. The highest BCUT2D eigenvalue weighted by atomic mass is 16.5. The van der Waals surface area contributed by atoms with Crippen molar-refractivity contribution in [2.24, 2.45) is 0 Å². The molecule has 0 atom stereocenters. The standard InChI is InChI=1S/C52H38N2O2/c1-55-48-29-14-10-23-42(48)50-40-21-6-7-22-41(40)51(43-24-11-15-30-49(43)56-2)52-44(50)25-16-28-47(52)53(35-17-4-3-5-18-35)36-31-33-37(34-32-36)54-45-26-12-8-19-38(45)39-20-9-13-27-46(39)54/h3-34H,1-2H3. The zero-order valence-corrected chi connectivity index (χ0v) is 31.2. The van der Waals surface area contributed by atoms with Gasteiger partial charge in [-0.25, -0.2) is 0 Å². The van der Waals surface area contributed by atoms with E-state index >= 15 is 0 Å². The van der Waals surface area contributed by atoms with Gasteiger partial charge in [-0.1, -0.05) is 127 Å². The van der Waals surface area contributed by atoms with Crippen molar-refractivity contribution in [3.63, 3.8) is 0 Å². The third-order valence-corrected chi connectivity index (χ3v) is 11.0. The topological polar surface area (TPSA) is 26.6 Å². The minimum atomic E-state index is 0.820. The van der Waals surface area contributed by atoms with Crippen LogP contribution in [0.25, 0.3) is 71.3 Å². The van der Waals surface area contributed by atoms with Crippen molar-refractivity contribution in [3.05, 3.63) is 194 Å². The maximum Gasteiger partial charge on any atom is 0.126 e. The van der Waals surface area contributed by atoms with Gasteiger partial charge in [0.05, 0.1) is 30.9 Å². The monoisotopic (exact) mass is 722 g/mol. The Balaban J connectivity index is 1.29. The lowest BCUT2D eigenvalue weighted by molar-refractivity contribution is 0.416. The second-order valence-electron chi connectivity index (χ2n) is 14.0. The van der Waals surface area contributed by atoms with E-state index in [9.17, 15) is 0 Å². The maximum atomic E-state index is 6.09. The molecule has 0 radical (unpaired) electrons. The molecule has 0 spiro atoms. The molecule has 9 aromatic carbocycles. The summed E-state index contributed by atoms with van der Waals surface area (Å²) in [6, 6.07) is 69.0. The van der Waals surface area contributed by atoms with Gasteiger partial charge in [0, 0.05) is 55.5 Å². The Kier molecular flexibility index (Phi) is 8.23. The molecule has 0 aliphatic heterocycles. The molecule has 0 amide bonds. The fourth-order valence-electron chi connectivity index (χ4n) is 8.62. The molecule has 1 aromatic heterocycles. The van der Waals surface area contributed by atoms with Crippen LogP contribution in [0.3, 0.4) is 0 Å². The zero-order valence-electron chi connectivity index (χ0n) is 31.2. The molecule has 0 N–H and O–H groups in total. The summed E-state index contributed by atoms with van der Waals surface area (Å²) in [4.78, 5) is 2.39. The van der Waals surface area contributed by atoms with Crippen LogP contribution in [0.4, 0.5) is 17.1 Å². The number of anilines is 3. The Morgan fingerprint density at radius 3 is 1.45 bits per heavy atom. The summed E-state index contributed by atoms with van der Waals surface area (Å²) in [6.07, 6.45) is 0. The molecular formula is C52H38N2O2. The number of benzene rings is 9. The minimum Gasteiger partial charge on any atom is -0.496 e. The molecule has 10 aromatic rings. The van der Waals surface area contributed by atoms with Gasteiger partial charge in [0.2, 0.25) is 0 Å². The number of hydrogen-bond acceptors (Lipinski definition) is 3. The first kappa shape index (κ1) is 33.3. The van der Waals surface area contributed by atoms with Gasteiger partial charge in [-0.15, -0.1) is 0 Å². The second kappa shape index (κ2) is 13.8. The lowest BCUT2D eigenvalue weighted by Gasteiger charge is -2.29. The Morgan fingerprint density at radius 2 is 0.839 bits per heavy atom. The van der Waals surface area contributed by atoms with Crippen molar-refractivity contribution in [3.8, 4) is 39.4 Å². The molecule has 268 valence electrons. The molecule has 0 bridgehead atoms. The first-order valence-electron chi connectivity index (χ1n) is 18.9. The van der Waals surface area contributed by atoms with Crippen molar-refractivity contribution in [2.75, 3.05) is 19.1 Å². The third-order valence-electron chi connectivity index (χ3n) is 11.0. The van der Waals surface area contributed by atoms with E-state index in [2.05, 4.69) is 185 Å². The first-order chi connectivity index (χ1) is 27.7. The fourth-order valence-corrected chi connectivity index (χ4v) is 8.62. The number of rotatable bonds is 8. The maximum absolute atomic E-state index is 6.09. The van der Waals surface area contributed by atoms with E-state index in [0.717, 1.165) is 78.0 Å². The molecule has 0 aliphatic rings. The van der Waals surface area contributed by atoms with Crippen LogP contribution < -0.4 is 14.4 Å². The Morgan fingerprint density at radius 1 is 0.375 bits per heavy atom. The van der Waals surface area contributed by atoms with Crippen molar-refractivity contribution < 1.29 is 9.47 Å². The van der Waals surface area contributed by atoms with Crippen LogP contribution in [-0.4, -0.2) is 18.8 Å². The fraction of sp³-hybridized carbons (Fsp3) is 0.0385. The van der Waals surface area contributed by atoms with E-state index < -0.39 is 0 Å². The van der Waals surface area contributed by atoms with Gasteiger partial charge >= 0.3 is 0 Å². The third kappa shape index (κ3) is 5.30. The molecule has 0 saturated heterocycles. The summed E-state index contributed by atoms with van der Waals surface area (Å²) in [6.45, 7) is 0. The number of aromatic nitrogens is 1. The molecule has 1 heterocycles. The van der Waals surface area contributed by atoms with Crippen LogP contribution >= 0.6 is 0 Å². The summed E-state index contributed by atoms with van der Waals surface area (Å²) >= 11 is 0. The predicted octanol–water partition coefficient (Wildman–Crippen LogP) is 13.9. The lowest BCUT2D eigenvalue weighted by Crippen LogP contribution is -2.11. The highest BCUT2D eigenvalue weighted by Crippen LogP contribution is 2.52. The SMILES string of the molecule is COc1ccccc1-c1c2ccccc2c(-c2ccccc2OC)c2c(N(c3ccccc3)c3ccc(-n4c5ccccc5c5ccccc54)cc3)cccc12. The Hall–Kier alpha value is -7.30. The van der Waals surface area contributed by atoms with Crippen LogP contribution in [0, 0.1) is 0 Å². The van der Waals surface area contributed by atoms with E-state index in [1.54, 1.807) is 14.2 Å². The number of nitrogens with zero attached hydrogens (tertiary/aromatic N) is 2. The summed E-state index contributed by atoms with van der Waals surface area (Å²) in [5.41, 5.74) is 11.0. The quantitative estimate of drug-likeness (QED) is 0.146. The smallest absolute Gasteiger partial charge is 0.126 e. The number of hydrogen-bond donors (Lipinski definition) is 0. The van der Waals surface area contributed by atoms with E-state index in [1.807, 2.05) is 18.2 Å². The molecule has 0 fully saturated rings. The Bertz CT molecular complexity index is 3000. The molecule has 56 heavy (non-hydrogen) atoms. The van der Waals surface area contributed by atoms with Gasteiger partial charge in [0.15, 0.2) is 0 Å². The summed E-state index contributed by atoms with van der Waals surface area (Å²) in [5.74, 6) is 1.65. The van der Waals surface area contributed by atoms with Crippen molar-refractivity contribution in [2.45, 2.75) is 0 Å². The first-order valence-corrected chi connectivity index (χ1v) is 18.9. The Labute approximate surface area is 326 Å². The van der Waals surface area contributed by atoms with Crippen LogP contribution in [0.5, 0.6) is 11.5 Å². The van der Waals surface area contributed by atoms with Gasteiger partial charge < -0.3 is 18.9 Å². The van der Waals surface area contributed by atoms with Gasteiger partial charge in [0.1, 0.15) is 11.5 Å². The zero-order chi connectivity index (χ0) is 37.6. The highest BCUT2D eigenvalue weighted by Gasteiger charge is 2.25. The lowest BCUT2D eigenvalue weighted by atomic mass is 9.84. The van der Waals surface area contributed by atoms with Gasteiger partial charge in [-0.05, 0) is 82.9 Å². The summed E-state index contributed by atoms with van der Waals surface area (Å²) in [7, 11) is 3.50. The molecule has 4 nitrogen and oxygen atoms in total.